The second-order valence-corrected chi connectivity index (χ2v) is 5.98. The molecule has 0 aromatic carbocycles. The van der Waals surface area contributed by atoms with Gasteiger partial charge in [-0.25, -0.2) is 4.98 Å². The molecule has 0 fully saturated rings. The van der Waals surface area contributed by atoms with Gasteiger partial charge in [-0.1, -0.05) is 25.6 Å². The van der Waals surface area contributed by atoms with E-state index in [1.54, 1.807) is 11.3 Å². The molecule has 1 N–H and O–H groups in total. The Balaban J connectivity index is 1.93. The van der Waals surface area contributed by atoms with E-state index >= 15 is 0 Å². The summed E-state index contributed by atoms with van der Waals surface area (Å²) in [6, 6.07) is 0.321. The molecule has 0 saturated heterocycles. The average molecular weight is 255 g/mol. The van der Waals surface area contributed by atoms with E-state index in [9.17, 15) is 0 Å². The van der Waals surface area contributed by atoms with Crippen molar-refractivity contribution in [2.24, 2.45) is 4.99 Å². The molecule has 88 valence electrons. The van der Waals surface area contributed by atoms with Crippen molar-refractivity contribution in [2.75, 3.05) is 6.54 Å². The van der Waals surface area contributed by atoms with E-state index < -0.39 is 0 Å². The number of aromatic nitrogens is 1. The number of aliphatic imine (C=N–C) groups is 1. The fourth-order valence-electron chi connectivity index (χ4n) is 1.60. The van der Waals surface area contributed by atoms with E-state index in [1.165, 1.54) is 6.42 Å². The highest BCUT2D eigenvalue weighted by molar-refractivity contribution is 8.14. The van der Waals surface area contributed by atoms with Crippen LogP contribution in [-0.4, -0.2) is 21.9 Å². The molecule has 2 rings (SSSR count). The van der Waals surface area contributed by atoms with Crippen molar-refractivity contribution in [3.8, 4) is 0 Å². The Kier molecular flexibility index (Phi) is 4.23. The van der Waals surface area contributed by atoms with E-state index in [0.29, 0.717) is 11.3 Å². The zero-order valence-corrected chi connectivity index (χ0v) is 11.3. The van der Waals surface area contributed by atoms with E-state index in [2.05, 4.69) is 29.1 Å². The largest absolute Gasteiger partial charge is 0.356 e. The van der Waals surface area contributed by atoms with Crippen molar-refractivity contribution in [1.82, 2.24) is 10.3 Å². The Hall–Kier alpha value is -0.550. The summed E-state index contributed by atoms with van der Waals surface area (Å²) in [6.45, 7) is 5.35. The highest BCUT2D eigenvalue weighted by Crippen LogP contribution is 2.26. The second-order valence-electron chi connectivity index (χ2n) is 3.77. The third-order valence-electron chi connectivity index (χ3n) is 2.63. The molecule has 0 amide bonds. The molecule has 1 aliphatic rings. The Labute approximate surface area is 105 Å². The second kappa shape index (κ2) is 5.68. The summed E-state index contributed by atoms with van der Waals surface area (Å²) < 4.78 is 0. The van der Waals surface area contributed by atoms with E-state index in [1.807, 2.05) is 23.3 Å². The molecule has 5 heteroatoms. The number of thioether (sulfide) groups is 1. The maximum Gasteiger partial charge on any atom is 0.157 e. The SMILES string of the molecule is CCC1CN=C(NC(CC)c2nccs2)S1. The van der Waals surface area contributed by atoms with Crippen LogP contribution in [0.15, 0.2) is 16.6 Å². The van der Waals surface area contributed by atoms with Crippen molar-refractivity contribution in [2.45, 2.75) is 38.0 Å². The lowest BCUT2D eigenvalue weighted by Gasteiger charge is -2.15. The van der Waals surface area contributed by atoms with Gasteiger partial charge in [-0.15, -0.1) is 11.3 Å². The van der Waals surface area contributed by atoms with Gasteiger partial charge in [0.25, 0.3) is 0 Å². The Bertz CT molecular complexity index is 348. The lowest BCUT2D eigenvalue weighted by atomic mass is 10.2. The summed E-state index contributed by atoms with van der Waals surface area (Å²) in [5, 5.41) is 8.43. The molecular weight excluding hydrogens is 238 g/mol. The van der Waals surface area contributed by atoms with Gasteiger partial charge >= 0.3 is 0 Å². The molecule has 0 saturated carbocycles. The molecule has 1 aromatic rings. The lowest BCUT2D eigenvalue weighted by molar-refractivity contribution is 0.625. The van der Waals surface area contributed by atoms with Crippen LogP contribution in [0.3, 0.4) is 0 Å². The van der Waals surface area contributed by atoms with Crippen LogP contribution in [0.5, 0.6) is 0 Å². The number of hydrogen-bond acceptors (Lipinski definition) is 5. The summed E-state index contributed by atoms with van der Waals surface area (Å²) in [5.41, 5.74) is 0. The number of thiazole rings is 1. The highest BCUT2D eigenvalue weighted by Gasteiger charge is 2.21. The van der Waals surface area contributed by atoms with Crippen LogP contribution >= 0.6 is 23.1 Å². The van der Waals surface area contributed by atoms with Crippen molar-refractivity contribution < 1.29 is 0 Å². The first-order valence-electron chi connectivity index (χ1n) is 5.70. The third-order valence-corrected chi connectivity index (χ3v) is 4.80. The van der Waals surface area contributed by atoms with Crippen LogP contribution in [0.25, 0.3) is 0 Å². The third kappa shape index (κ3) is 2.77. The molecule has 2 unspecified atom stereocenters. The Morgan fingerprint density at radius 1 is 1.56 bits per heavy atom. The van der Waals surface area contributed by atoms with Crippen LogP contribution in [0, 0.1) is 0 Å². The quantitative estimate of drug-likeness (QED) is 0.898. The van der Waals surface area contributed by atoms with Gasteiger partial charge in [0, 0.05) is 16.8 Å². The number of amidine groups is 1. The van der Waals surface area contributed by atoms with Gasteiger partial charge in [-0.05, 0) is 12.8 Å². The normalized spacial score (nSPS) is 21.9. The zero-order chi connectivity index (χ0) is 11.4. The number of nitrogens with zero attached hydrogens (tertiary/aromatic N) is 2. The molecule has 0 bridgehead atoms. The Morgan fingerprint density at radius 3 is 3.00 bits per heavy atom. The predicted octanol–water partition coefficient (Wildman–Crippen LogP) is 3.07. The molecule has 3 nitrogen and oxygen atoms in total. The average Bonchev–Trinajstić information content (AvgIpc) is 2.96. The number of rotatable bonds is 4. The molecule has 2 heterocycles. The van der Waals surface area contributed by atoms with Crippen molar-refractivity contribution in [1.29, 1.82) is 0 Å². The fourth-order valence-corrected chi connectivity index (χ4v) is 3.37. The van der Waals surface area contributed by atoms with Crippen molar-refractivity contribution in [3.63, 3.8) is 0 Å². The molecular formula is C11H17N3S2. The number of hydrogen-bond donors (Lipinski definition) is 1. The topological polar surface area (TPSA) is 37.3 Å². The van der Waals surface area contributed by atoms with Gasteiger partial charge in [0.2, 0.25) is 0 Å². The maximum absolute atomic E-state index is 4.53. The van der Waals surface area contributed by atoms with Gasteiger partial charge in [0.15, 0.2) is 5.17 Å². The van der Waals surface area contributed by atoms with Gasteiger partial charge in [-0.3, -0.25) is 4.99 Å². The minimum absolute atomic E-state index is 0.321. The predicted molar refractivity (Wildman–Crippen MR) is 72.3 cm³/mol. The minimum Gasteiger partial charge on any atom is -0.356 e. The summed E-state index contributed by atoms with van der Waals surface area (Å²) in [7, 11) is 0. The van der Waals surface area contributed by atoms with Gasteiger partial charge in [0.05, 0.1) is 12.6 Å². The fraction of sp³-hybridized carbons (Fsp3) is 0.636. The minimum atomic E-state index is 0.321. The first kappa shape index (κ1) is 11.9. The zero-order valence-electron chi connectivity index (χ0n) is 9.64. The van der Waals surface area contributed by atoms with E-state index in [4.69, 9.17) is 0 Å². The molecule has 16 heavy (non-hydrogen) atoms. The monoisotopic (exact) mass is 255 g/mol. The number of nitrogens with one attached hydrogen (secondary N) is 1. The van der Waals surface area contributed by atoms with Crippen LogP contribution in [-0.2, 0) is 0 Å². The van der Waals surface area contributed by atoms with Crippen LogP contribution in [0.1, 0.15) is 37.7 Å². The van der Waals surface area contributed by atoms with Gasteiger partial charge < -0.3 is 5.32 Å². The summed E-state index contributed by atoms with van der Waals surface area (Å²) in [5.74, 6) is 0. The van der Waals surface area contributed by atoms with Crippen molar-refractivity contribution in [3.05, 3.63) is 16.6 Å². The molecule has 2 atom stereocenters. The standard InChI is InChI=1S/C11H17N3S2/c1-3-8-7-13-11(16-8)14-9(4-2)10-12-5-6-15-10/h5-6,8-9H,3-4,7H2,1-2H3,(H,13,14). The molecule has 1 aliphatic heterocycles. The van der Waals surface area contributed by atoms with Crippen LogP contribution in [0.4, 0.5) is 0 Å². The Morgan fingerprint density at radius 2 is 2.44 bits per heavy atom. The molecule has 0 radical (unpaired) electrons. The van der Waals surface area contributed by atoms with E-state index in [-0.39, 0.29) is 0 Å². The first-order valence-corrected chi connectivity index (χ1v) is 7.46. The molecule has 0 aliphatic carbocycles. The van der Waals surface area contributed by atoms with Gasteiger partial charge in [-0.2, -0.15) is 0 Å². The molecule has 0 spiro atoms. The first-order chi connectivity index (χ1) is 7.83. The molecule has 1 aromatic heterocycles. The summed E-state index contributed by atoms with van der Waals surface area (Å²) in [4.78, 5) is 8.89. The maximum atomic E-state index is 4.53. The van der Waals surface area contributed by atoms with Gasteiger partial charge in [0.1, 0.15) is 5.01 Å². The van der Waals surface area contributed by atoms with Crippen LogP contribution < -0.4 is 5.32 Å². The van der Waals surface area contributed by atoms with E-state index in [0.717, 1.165) is 23.1 Å². The van der Waals surface area contributed by atoms with Crippen molar-refractivity contribution >= 4 is 28.3 Å². The summed E-state index contributed by atoms with van der Waals surface area (Å²) >= 11 is 3.58. The highest BCUT2D eigenvalue weighted by atomic mass is 32.2. The lowest BCUT2D eigenvalue weighted by Crippen LogP contribution is -2.25. The summed E-state index contributed by atoms with van der Waals surface area (Å²) in [6.07, 6.45) is 4.10. The smallest absolute Gasteiger partial charge is 0.157 e. The van der Waals surface area contributed by atoms with Crippen LogP contribution in [0.2, 0.25) is 0 Å².